The van der Waals surface area contributed by atoms with Crippen molar-refractivity contribution >= 4 is 34.9 Å². The van der Waals surface area contributed by atoms with Gasteiger partial charge in [0.2, 0.25) is 0 Å². The van der Waals surface area contributed by atoms with Gasteiger partial charge in [-0.1, -0.05) is 47.9 Å². The van der Waals surface area contributed by atoms with E-state index in [2.05, 4.69) is 29.3 Å². The summed E-state index contributed by atoms with van der Waals surface area (Å²) in [5, 5.41) is 26.3. The third-order valence-electron chi connectivity index (χ3n) is 2.10. The monoisotopic (exact) mass is 304 g/mol. The Hall–Kier alpha value is -1.54. The fourth-order valence-electron chi connectivity index (χ4n) is 1.33. The van der Waals surface area contributed by atoms with E-state index in [1.165, 1.54) is 23.1 Å². The molecule has 0 fully saturated rings. The smallest absolute Gasteiger partial charge is 0.179 e. The maximum atomic E-state index is 9.10. The highest BCUT2D eigenvalue weighted by atomic mass is 32.2. The summed E-state index contributed by atoms with van der Waals surface area (Å²) in [6, 6.07) is 9.31. The number of nitrogens with zero attached hydrogens (tertiary/aromatic N) is 4. The lowest BCUT2D eigenvalue weighted by atomic mass is 10.1. The maximum absolute atomic E-state index is 9.10. The van der Waals surface area contributed by atoms with Crippen LogP contribution in [0, 0.1) is 22.7 Å². The van der Waals surface area contributed by atoms with Gasteiger partial charge in [0.15, 0.2) is 8.68 Å². The van der Waals surface area contributed by atoms with E-state index in [1.54, 1.807) is 30.0 Å². The van der Waals surface area contributed by atoms with E-state index in [1.807, 2.05) is 0 Å². The fourth-order valence-corrected chi connectivity index (χ4v) is 4.33. The second-order valence-corrected chi connectivity index (χ2v) is 7.02. The average molecular weight is 304 g/mol. The first-order valence-electron chi connectivity index (χ1n) is 5.35. The molecule has 1 aromatic heterocycles. The zero-order valence-electron chi connectivity index (χ0n) is 9.95. The van der Waals surface area contributed by atoms with Gasteiger partial charge in [-0.2, -0.15) is 10.5 Å². The van der Waals surface area contributed by atoms with Crippen LogP contribution in [-0.2, 0) is 0 Å². The molecule has 1 heterocycles. The molecule has 0 aliphatic carbocycles. The molecule has 0 spiro atoms. The molecule has 0 aliphatic heterocycles. The molecule has 0 bridgehead atoms. The largest absolute Gasteiger partial charge is 0.192 e. The molecule has 0 amide bonds. The van der Waals surface area contributed by atoms with E-state index in [4.69, 9.17) is 10.5 Å². The predicted octanol–water partition coefficient (Wildman–Crippen LogP) is 3.54. The molecule has 1 aromatic carbocycles. The number of rotatable bonds is 4. The Kier molecular flexibility index (Phi) is 4.80. The van der Waals surface area contributed by atoms with Crippen molar-refractivity contribution in [2.45, 2.75) is 20.5 Å². The van der Waals surface area contributed by atoms with Gasteiger partial charge >= 0.3 is 0 Å². The second-order valence-electron chi connectivity index (χ2n) is 3.27. The van der Waals surface area contributed by atoms with Gasteiger partial charge in [-0.15, -0.1) is 10.2 Å². The maximum Gasteiger partial charge on any atom is 0.179 e. The van der Waals surface area contributed by atoms with Crippen molar-refractivity contribution in [1.82, 2.24) is 10.2 Å². The number of aromatic nitrogens is 2. The second kappa shape index (κ2) is 6.58. The van der Waals surface area contributed by atoms with Gasteiger partial charge in [-0.3, -0.25) is 0 Å². The average Bonchev–Trinajstić information content (AvgIpc) is 2.87. The minimum absolute atomic E-state index is 0.490. The van der Waals surface area contributed by atoms with Gasteiger partial charge in [0, 0.05) is 0 Å². The minimum Gasteiger partial charge on any atom is -0.192 e. The quantitative estimate of drug-likeness (QED) is 0.804. The van der Waals surface area contributed by atoms with Crippen LogP contribution in [0.4, 0.5) is 0 Å². The summed E-state index contributed by atoms with van der Waals surface area (Å²) in [6.45, 7) is 2.05. The Morgan fingerprint density at radius 2 is 1.79 bits per heavy atom. The molecule has 7 heteroatoms. The van der Waals surface area contributed by atoms with Crippen LogP contribution in [0.2, 0.25) is 0 Å². The summed E-state index contributed by atoms with van der Waals surface area (Å²) in [5.41, 5.74) is 0.980. The number of nitriles is 2. The van der Waals surface area contributed by atoms with Gasteiger partial charge in [-0.05, 0) is 17.9 Å². The van der Waals surface area contributed by atoms with Crippen LogP contribution in [-0.4, -0.2) is 16.0 Å². The van der Waals surface area contributed by atoms with E-state index >= 15 is 0 Å². The molecule has 0 N–H and O–H groups in total. The fraction of sp³-hybridized carbons (Fsp3) is 0.167. The highest BCUT2D eigenvalue weighted by Crippen LogP contribution is 2.36. The van der Waals surface area contributed by atoms with Crippen LogP contribution in [0.5, 0.6) is 0 Å². The van der Waals surface area contributed by atoms with E-state index in [0.29, 0.717) is 16.0 Å². The first-order chi connectivity index (χ1) is 9.28. The topological polar surface area (TPSA) is 73.4 Å². The van der Waals surface area contributed by atoms with Crippen LogP contribution in [0.25, 0.3) is 0 Å². The zero-order valence-corrected chi connectivity index (χ0v) is 12.4. The van der Waals surface area contributed by atoms with E-state index < -0.39 is 0 Å². The lowest BCUT2D eigenvalue weighted by molar-refractivity contribution is 0.954. The third kappa shape index (κ3) is 3.27. The van der Waals surface area contributed by atoms with Gasteiger partial charge in [-0.25, -0.2) is 0 Å². The first kappa shape index (κ1) is 13.9. The Labute approximate surface area is 123 Å². The summed E-state index contributed by atoms with van der Waals surface area (Å²) in [6.07, 6.45) is 0. The number of hydrogen-bond donors (Lipinski definition) is 0. The van der Waals surface area contributed by atoms with Crippen molar-refractivity contribution in [2.24, 2.45) is 0 Å². The first-order valence-corrected chi connectivity index (χ1v) is 7.97. The lowest BCUT2D eigenvalue weighted by Crippen LogP contribution is -1.86. The van der Waals surface area contributed by atoms with Gasteiger partial charge in [0.25, 0.3) is 0 Å². The molecule has 0 atom stereocenters. The Balaban J connectivity index is 2.32. The summed E-state index contributed by atoms with van der Waals surface area (Å²) in [5.74, 6) is 0.942. The SMILES string of the molecule is CCSc1nnc(Sc2c(C#N)cccc2C#N)s1. The third-order valence-corrected chi connectivity index (χ3v) is 5.23. The van der Waals surface area contributed by atoms with E-state index in [0.717, 1.165) is 14.4 Å². The summed E-state index contributed by atoms with van der Waals surface area (Å²) in [7, 11) is 0. The van der Waals surface area contributed by atoms with Crippen LogP contribution >= 0.6 is 34.9 Å². The molecule has 0 saturated heterocycles. The van der Waals surface area contributed by atoms with Crippen LogP contribution < -0.4 is 0 Å². The zero-order chi connectivity index (χ0) is 13.7. The molecule has 2 aromatic rings. The highest BCUT2D eigenvalue weighted by Gasteiger charge is 2.13. The molecule has 0 aliphatic rings. The van der Waals surface area contributed by atoms with Crippen molar-refractivity contribution in [3.05, 3.63) is 29.3 Å². The molecular weight excluding hydrogens is 296 g/mol. The molecule has 94 valence electrons. The van der Waals surface area contributed by atoms with Crippen molar-refractivity contribution in [2.75, 3.05) is 5.75 Å². The van der Waals surface area contributed by atoms with Crippen molar-refractivity contribution in [1.29, 1.82) is 10.5 Å². The van der Waals surface area contributed by atoms with E-state index in [-0.39, 0.29) is 0 Å². The molecule has 0 saturated carbocycles. The molecule has 2 rings (SSSR count). The highest BCUT2D eigenvalue weighted by molar-refractivity contribution is 8.03. The Bertz CT molecular complexity index is 634. The number of thioether (sulfide) groups is 1. The van der Waals surface area contributed by atoms with Gasteiger partial charge < -0.3 is 0 Å². The predicted molar refractivity (Wildman–Crippen MR) is 76.3 cm³/mol. The summed E-state index contributed by atoms with van der Waals surface area (Å²) in [4.78, 5) is 0.650. The molecule has 0 radical (unpaired) electrons. The van der Waals surface area contributed by atoms with Crippen LogP contribution in [0.3, 0.4) is 0 Å². The van der Waals surface area contributed by atoms with Crippen molar-refractivity contribution in [3.63, 3.8) is 0 Å². The molecule has 19 heavy (non-hydrogen) atoms. The summed E-state index contributed by atoms with van der Waals surface area (Å²) < 4.78 is 1.65. The molecular formula is C12H8N4S3. The summed E-state index contributed by atoms with van der Waals surface area (Å²) >= 11 is 4.43. The Morgan fingerprint density at radius 1 is 1.16 bits per heavy atom. The lowest BCUT2D eigenvalue weighted by Gasteiger charge is -2.02. The van der Waals surface area contributed by atoms with E-state index in [9.17, 15) is 0 Å². The number of benzene rings is 1. The van der Waals surface area contributed by atoms with Gasteiger partial charge in [0.1, 0.15) is 12.1 Å². The standard InChI is InChI=1S/C12H8N4S3/c1-2-17-11-15-16-12(19-11)18-10-8(6-13)4-3-5-9(10)7-14/h3-5H,2H2,1H3. The van der Waals surface area contributed by atoms with Crippen molar-refractivity contribution < 1.29 is 0 Å². The van der Waals surface area contributed by atoms with Crippen LogP contribution in [0.15, 0.2) is 31.8 Å². The van der Waals surface area contributed by atoms with Gasteiger partial charge in [0.05, 0.1) is 16.0 Å². The van der Waals surface area contributed by atoms with Crippen molar-refractivity contribution in [3.8, 4) is 12.1 Å². The Morgan fingerprint density at radius 3 is 2.37 bits per heavy atom. The molecule has 4 nitrogen and oxygen atoms in total. The van der Waals surface area contributed by atoms with Crippen LogP contribution in [0.1, 0.15) is 18.1 Å². The molecule has 0 unspecified atom stereocenters. The normalized spacial score (nSPS) is 9.84. The minimum atomic E-state index is 0.490. The number of hydrogen-bond acceptors (Lipinski definition) is 7.